The summed E-state index contributed by atoms with van der Waals surface area (Å²) in [5.41, 5.74) is 0.338. The van der Waals surface area contributed by atoms with Gasteiger partial charge in [0.05, 0.1) is 5.69 Å². The molecule has 0 aliphatic carbocycles. The molecule has 0 bridgehead atoms. The molecule has 4 nitrogen and oxygen atoms in total. The molecular formula is C12H10FNO3. The summed E-state index contributed by atoms with van der Waals surface area (Å²) in [4.78, 5) is 13.8. The van der Waals surface area contributed by atoms with Crippen molar-refractivity contribution in [2.45, 2.75) is 6.61 Å². The van der Waals surface area contributed by atoms with Gasteiger partial charge in [0.2, 0.25) is 0 Å². The summed E-state index contributed by atoms with van der Waals surface area (Å²) >= 11 is 0. The number of carboxylic acids is 1. The molecule has 0 atom stereocenters. The van der Waals surface area contributed by atoms with Gasteiger partial charge in [-0.15, -0.1) is 0 Å². The van der Waals surface area contributed by atoms with Gasteiger partial charge in [-0.2, -0.15) is 0 Å². The van der Waals surface area contributed by atoms with Crippen LogP contribution in [0.15, 0.2) is 36.5 Å². The van der Waals surface area contributed by atoms with Gasteiger partial charge in [0.1, 0.15) is 23.7 Å². The van der Waals surface area contributed by atoms with E-state index < -0.39 is 17.3 Å². The van der Waals surface area contributed by atoms with Gasteiger partial charge in [-0.3, -0.25) is 0 Å². The number of halogens is 1. The van der Waals surface area contributed by atoms with Crippen LogP contribution in [0.3, 0.4) is 0 Å². The number of ether oxygens (including phenoxy) is 1. The van der Waals surface area contributed by atoms with E-state index in [1.54, 1.807) is 18.3 Å². The maximum atomic E-state index is 13.3. The predicted molar refractivity (Wildman–Crippen MR) is 58.5 cm³/mol. The molecule has 88 valence electrons. The number of carboxylic acid groups (broad SMARTS) is 1. The number of benzene rings is 1. The molecule has 0 saturated heterocycles. The van der Waals surface area contributed by atoms with E-state index in [0.29, 0.717) is 0 Å². The van der Waals surface area contributed by atoms with Crippen molar-refractivity contribution in [2.75, 3.05) is 0 Å². The largest absolute Gasteiger partial charge is 0.486 e. The molecule has 2 aromatic rings. The zero-order valence-corrected chi connectivity index (χ0v) is 8.81. The normalized spacial score (nSPS) is 10.2. The van der Waals surface area contributed by atoms with Crippen LogP contribution in [0.2, 0.25) is 0 Å². The third kappa shape index (κ3) is 2.44. The topological polar surface area (TPSA) is 62.3 Å². The highest BCUT2D eigenvalue weighted by molar-refractivity contribution is 5.91. The van der Waals surface area contributed by atoms with Crippen molar-refractivity contribution in [2.24, 2.45) is 0 Å². The fraction of sp³-hybridized carbons (Fsp3) is 0.0833. The number of rotatable bonds is 4. The number of carbonyl (C=O) groups is 1. The molecular weight excluding hydrogens is 225 g/mol. The average molecular weight is 235 g/mol. The number of aromatic carboxylic acids is 1. The van der Waals surface area contributed by atoms with E-state index >= 15 is 0 Å². The van der Waals surface area contributed by atoms with Gasteiger partial charge in [-0.25, -0.2) is 9.18 Å². The third-order valence-electron chi connectivity index (χ3n) is 2.23. The summed E-state index contributed by atoms with van der Waals surface area (Å²) in [7, 11) is 0. The van der Waals surface area contributed by atoms with Crippen LogP contribution >= 0.6 is 0 Å². The molecule has 2 rings (SSSR count). The Morgan fingerprint density at radius 1 is 1.35 bits per heavy atom. The molecule has 0 amide bonds. The standard InChI is InChI=1S/C12H10FNO3/c13-9-4-1-5-10(11(9)12(15)16)17-7-8-3-2-6-14-8/h1-6,14H,7H2,(H,15,16). The number of nitrogens with one attached hydrogen (secondary N) is 1. The molecule has 1 heterocycles. The first-order chi connectivity index (χ1) is 8.18. The number of aromatic amines is 1. The van der Waals surface area contributed by atoms with E-state index in [9.17, 15) is 9.18 Å². The minimum Gasteiger partial charge on any atom is -0.486 e. The summed E-state index contributed by atoms with van der Waals surface area (Å²) in [5.74, 6) is -2.13. The fourth-order valence-electron chi connectivity index (χ4n) is 1.44. The Morgan fingerprint density at radius 3 is 2.82 bits per heavy atom. The Bertz CT molecular complexity index is 523. The Labute approximate surface area is 96.7 Å². The molecule has 0 saturated carbocycles. The summed E-state index contributed by atoms with van der Waals surface area (Å²) in [6.45, 7) is 0.163. The fourth-order valence-corrected chi connectivity index (χ4v) is 1.44. The van der Waals surface area contributed by atoms with Crippen LogP contribution in [-0.4, -0.2) is 16.1 Å². The minimum absolute atomic E-state index is 0.0205. The number of aromatic nitrogens is 1. The molecule has 0 fully saturated rings. The lowest BCUT2D eigenvalue weighted by Crippen LogP contribution is -2.06. The molecule has 2 N–H and O–H groups in total. The Kier molecular flexibility index (Phi) is 3.09. The lowest BCUT2D eigenvalue weighted by molar-refractivity contribution is 0.0686. The average Bonchev–Trinajstić information content (AvgIpc) is 2.78. The smallest absolute Gasteiger partial charge is 0.342 e. The molecule has 5 heteroatoms. The van der Waals surface area contributed by atoms with E-state index in [-0.39, 0.29) is 12.4 Å². The quantitative estimate of drug-likeness (QED) is 0.855. The van der Waals surface area contributed by atoms with Gasteiger partial charge >= 0.3 is 5.97 Å². The zero-order valence-electron chi connectivity index (χ0n) is 8.81. The van der Waals surface area contributed by atoms with Crippen molar-refractivity contribution in [3.63, 3.8) is 0 Å². The second-order valence-electron chi connectivity index (χ2n) is 3.40. The highest BCUT2D eigenvalue weighted by atomic mass is 19.1. The van der Waals surface area contributed by atoms with Crippen molar-refractivity contribution in [1.82, 2.24) is 4.98 Å². The summed E-state index contributed by atoms with van der Waals surface area (Å²) in [5, 5.41) is 8.88. The monoisotopic (exact) mass is 235 g/mol. The Balaban J connectivity index is 2.21. The number of hydrogen-bond acceptors (Lipinski definition) is 2. The van der Waals surface area contributed by atoms with Crippen LogP contribution in [0.5, 0.6) is 5.75 Å². The van der Waals surface area contributed by atoms with Crippen molar-refractivity contribution >= 4 is 5.97 Å². The van der Waals surface area contributed by atoms with Crippen LogP contribution in [0.4, 0.5) is 4.39 Å². The van der Waals surface area contributed by atoms with Gasteiger partial charge in [0.25, 0.3) is 0 Å². The summed E-state index contributed by atoms with van der Waals surface area (Å²) in [6, 6.07) is 7.51. The first-order valence-corrected chi connectivity index (χ1v) is 4.95. The van der Waals surface area contributed by atoms with Crippen molar-refractivity contribution in [3.8, 4) is 5.75 Å². The molecule has 0 radical (unpaired) electrons. The van der Waals surface area contributed by atoms with Crippen molar-refractivity contribution in [3.05, 3.63) is 53.6 Å². The first-order valence-electron chi connectivity index (χ1n) is 4.95. The van der Waals surface area contributed by atoms with Crippen LogP contribution in [-0.2, 0) is 6.61 Å². The van der Waals surface area contributed by atoms with Gasteiger partial charge in [0, 0.05) is 6.20 Å². The van der Waals surface area contributed by atoms with Gasteiger partial charge in [-0.05, 0) is 24.3 Å². The summed E-state index contributed by atoms with van der Waals surface area (Å²) < 4.78 is 18.6. The van der Waals surface area contributed by atoms with E-state index in [2.05, 4.69) is 4.98 Å². The van der Waals surface area contributed by atoms with Gasteiger partial charge < -0.3 is 14.8 Å². The molecule has 1 aromatic carbocycles. The Hall–Kier alpha value is -2.30. The maximum absolute atomic E-state index is 13.3. The van der Waals surface area contributed by atoms with Crippen molar-refractivity contribution < 1.29 is 19.0 Å². The third-order valence-corrected chi connectivity index (χ3v) is 2.23. The SMILES string of the molecule is O=C(O)c1c(F)cccc1OCc1ccc[nH]1. The van der Waals surface area contributed by atoms with Crippen LogP contribution in [0, 0.1) is 5.82 Å². The van der Waals surface area contributed by atoms with E-state index in [4.69, 9.17) is 9.84 Å². The second-order valence-corrected chi connectivity index (χ2v) is 3.40. The van der Waals surface area contributed by atoms with E-state index in [0.717, 1.165) is 11.8 Å². The van der Waals surface area contributed by atoms with Gasteiger partial charge in [0.15, 0.2) is 0 Å². The second kappa shape index (κ2) is 4.69. The van der Waals surface area contributed by atoms with Crippen molar-refractivity contribution in [1.29, 1.82) is 0 Å². The lowest BCUT2D eigenvalue weighted by atomic mass is 10.2. The highest BCUT2D eigenvalue weighted by Gasteiger charge is 2.16. The van der Waals surface area contributed by atoms with Crippen LogP contribution < -0.4 is 4.74 Å². The molecule has 0 unspecified atom stereocenters. The van der Waals surface area contributed by atoms with E-state index in [1.807, 2.05) is 0 Å². The van der Waals surface area contributed by atoms with E-state index in [1.165, 1.54) is 12.1 Å². The number of H-pyrrole nitrogens is 1. The highest BCUT2D eigenvalue weighted by Crippen LogP contribution is 2.22. The van der Waals surface area contributed by atoms with Crippen LogP contribution in [0.1, 0.15) is 16.1 Å². The predicted octanol–water partition coefficient (Wildman–Crippen LogP) is 2.43. The Morgan fingerprint density at radius 2 is 2.18 bits per heavy atom. The molecule has 0 spiro atoms. The zero-order chi connectivity index (χ0) is 12.3. The molecule has 17 heavy (non-hydrogen) atoms. The maximum Gasteiger partial charge on any atom is 0.342 e. The minimum atomic E-state index is -1.34. The molecule has 1 aromatic heterocycles. The molecule has 0 aliphatic rings. The molecule has 0 aliphatic heterocycles. The lowest BCUT2D eigenvalue weighted by Gasteiger charge is -2.08. The number of hydrogen-bond donors (Lipinski definition) is 2. The first kappa shape index (κ1) is 11.2. The van der Waals surface area contributed by atoms with Crippen LogP contribution in [0.25, 0.3) is 0 Å². The summed E-state index contributed by atoms with van der Waals surface area (Å²) in [6.07, 6.45) is 1.72. The van der Waals surface area contributed by atoms with Gasteiger partial charge in [-0.1, -0.05) is 6.07 Å².